The summed E-state index contributed by atoms with van der Waals surface area (Å²) in [5, 5.41) is 5.09. The number of nitrogens with zero attached hydrogens (tertiary/aromatic N) is 2. The highest BCUT2D eigenvalue weighted by molar-refractivity contribution is 7.80. The van der Waals surface area contributed by atoms with Gasteiger partial charge in [-0.05, 0) is 37.8 Å². The molecule has 2 bridgehead atoms. The van der Waals surface area contributed by atoms with Crippen LogP contribution < -0.4 is 5.32 Å². The zero-order valence-electron chi connectivity index (χ0n) is 14.3. The highest BCUT2D eigenvalue weighted by atomic mass is 32.3. The predicted molar refractivity (Wildman–Crippen MR) is 90.6 cm³/mol. The fraction of sp³-hybridized carbons (Fsp3) is 0.571. The number of carbonyl (C=O) groups is 2. The number of ether oxygens (including phenoxy) is 1. The second kappa shape index (κ2) is 6.37. The lowest BCUT2D eigenvalue weighted by atomic mass is 10.00. The molecule has 2 aliphatic heterocycles. The molecule has 3 rings (SSSR count). The molecule has 26 heavy (non-hydrogen) atoms. The topological polar surface area (TPSA) is 125 Å². The first-order valence-electron chi connectivity index (χ1n) is 7.77. The monoisotopic (exact) mass is 405 g/mol. The Bertz CT molecular complexity index is 830. The lowest BCUT2D eigenvalue weighted by Gasteiger charge is -2.31. The highest BCUT2D eigenvalue weighted by Gasteiger charge is 2.50. The largest absolute Gasteiger partial charge is 0.444 e. The first kappa shape index (κ1) is 18.9. The van der Waals surface area contributed by atoms with Gasteiger partial charge in [-0.1, -0.05) is 0 Å². The predicted octanol–water partition coefficient (Wildman–Crippen LogP) is 1.84. The number of hydroxylamine groups is 2. The van der Waals surface area contributed by atoms with Gasteiger partial charge < -0.3 is 15.0 Å². The van der Waals surface area contributed by atoms with Crippen molar-refractivity contribution in [3.05, 3.63) is 21.9 Å². The molecular formula is C14H19N3O7S2. The van der Waals surface area contributed by atoms with Crippen molar-refractivity contribution in [2.75, 3.05) is 13.1 Å². The minimum atomic E-state index is -4.84. The summed E-state index contributed by atoms with van der Waals surface area (Å²) < 4.78 is 40.7. The van der Waals surface area contributed by atoms with Crippen LogP contribution >= 0.6 is 11.3 Å². The van der Waals surface area contributed by atoms with E-state index in [1.54, 1.807) is 26.8 Å². The van der Waals surface area contributed by atoms with Crippen LogP contribution in [0.5, 0.6) is 0 Å². The van der Waals surface area contributed by atoms with Crippen molar-refractivity contribution in [1.29, 1.82) is 0 Å². The minimum Gasteiger partial charge on any atom is -0.444 e. The van der Waals surface area contributed by atoms with Crippen molar-refractivity contribution in [3.8, 4) is 0 Å². The molecule has 0 aromatic carbocycles. The van der Waals surface area contributed by atoms with E-state index in [0.717, 1.165) is 10.4 Å². The van der Waals surface area contributed by atoms with E-state index in [0.29, 0.717) is 5.06 Å². The third-order valence-electron chi connectivity index (χ3n) is 3.87. The van der Waals surface area contributed by atoms with E-state index in [2.05, 4.69) is 9.60 Å². The van der Waals surface area contributed by atoms with Gasteiger partial charge in [0, 0.05) is 11.4 Å². The van der Waals surface area contributed by atoms with E-state index in [-0.39, 0.29) is 13.1 Å². The van der Waals surface area contributed by atoms with Gasteiger partial charge in [0.25, 0.3) is 0 Å². The van der Waals surface area contributed by atoms with Gasteiger partial charge in [-0.25, -0.2) is 9.59 Å². The summed E-state index contributed by atoms with van der Waals surface area (Å²) in [5.41, 5.74) is 0.0659. The third kappa shape index (κ3) is 3.77. The molecule has 2 aliphatic rings. The van der Waals surface area contributed by atoms with E-state index >= 15 is 0 Å². The lowest BCUT2D eigenvalue weighted by Crippen LogP contribution is -2.42. The van der Waals surface area contributed by atoms with Gasteiger partial charge in [-0.15, -0.1) is 15.6 Å². The fourth-order valence-electron chi connectivity index (χ4n) is 2.98. The maximum absolute atomic E-state index is 12.5. The van der Waals surface area contributed by atoms with Gasteiger partial charge in [0.2, 0.25) is 0 Å². The average molecular weight is 405 g/mol. The SMILES string of the molecule is CC(C)(C)OC(=O)NCC1c2sccc2[C@H]2CN1C(=O)N2OS(=O)(=O)O. The Morgan fingerprint density at radius 3 is 2.77 bits per heavy atom. The molecule has 144 valence electrons. The molecule has 0 saturated carbocycles. The number of amides is 3. The normalized spacial score (nSPS) is 22.4. The van der Waals surface area contributed by atoms with Gasteiger partial charge in [0.15, 0.2) is 0 Å². The molecule has 0 radical (unpaired) electrons. The maximum atomic E-state index is 12.5. The molecule has 1 saturated heterocycles. The number of fused-ring (bicyclic) bond motifs is 4. The first-order chi connectivity index (χ1) is 12.0. The van der Waals surface area contributed by atoms with E-state index < -0.39 is 40.2 Å². The quantitative estimate of drug-likeness (QED) is 0.732. The molecule has 1 unspecified atom stereocenters. The van der Waals surface area contributed by atoms with Gasteiger partial charge >= 0.3 is 22.5 Å². The number of thiophene rings is 1. The lowest BCUT2D eigenvalue weighted by molar-refractivity contribution is -0.0316. The first-order valence-corrected chi connectivity index (χ1v) is 10.0. The summed E-state index contributed by atoms with van der Waals surface area (Å²) >= 11 is 1.39. The average Bonchev–Trinajstić information content (AvgIpc) is 3.04. The number of nitrogens with one attached hydrogen (secondary N) is 1. The van der Waals surface area contributed by atoms with Crippen molar-refractivity contribution < 1.29 is 31.6 Å². The third-order valence-corrected chi connectivity index (χ3v) is 5.25. The number of hydrogen-bond acceptors (Lipinski definition) is 7. The molecule has 0 spiro atoms. The molecule has 10 nitrogen and oxygen atoms in total. The zero-order chi connectivity index (χ0) is 19.3. The van der Waals surface area contributed by atoms with Gasteiger partial charge in [-0.2, -0.15) is 13.5 Å². The Labute approximate surface area is 154 Å². The second-order valence-corrected chi connectivity index (χ2v) is 8.87. The Hall–Kier alpha value is -1.89. The molecule has 12 heteroatoms. The van der Waals surface area contributed by atoms with Gasteiger partial charge in [0.1, 0.15) is 11.6 Å². The molecule has 2 N–H and O–H groups in total. The smallest absolute Gasteiger partial charge is 0.418 e. The van der Waals surface area contributed by atoms with Crippen LogP contribution in [0.15, 0.2) is 11.4 Å². The molecule has 1 fully saturated rings. The standard InChI is InChI=1S/C14H19N3O7S2/c1-14(2,3)23-12(18)15-6-9-11-8(4-5-25-11)10-7-16(9)13(19)17(10)24-26(20,21)22/h4-5,9-10H,6-7H2,1-3H3,(H,15,18)(H,20,21,22)/t9?,10-/m1/s1. The van der Waals surface area contributed by atoms with Crippen LogP contribution in [-0.2, 0) is 19.4 Å². The van der Waals surface area contributed by atoms with Crippen LogP contribution in [-0.4, -0.2) is 53.7 Å². The summed E-state index contributed by atoms with van der Waals surface area (Å²) in [6, 6.07) is -0.0757. The van der Waals surface area contributed by atoms with Crippen molar-refractivity contribution >= 4 is 33.9 Å². The van der Waals surface area contributed by atoms with Crippen LogP contribution in [0.3, 0.4) is 0 Å². The fourth-order valence-corrected chi connectivity index (χ4v) is 4.42. The summed E-state index contributed by atoms with van der Waals surface area (Å²) in [6.07, 6.45) is -0.615. The molecule has 0 aliphatic carbocycles. The zero-order valence-corrected chi connectivity index (χ0v) is 16.0. The summed E-state index contributed by atoms with van der Waals surface area (Å²) in [7, 11) is -4.84. The molecular weight excluding hydrogens is 386 g/mol. The van der Waals surface area contributed by atoms with Crippen LogP contribution in [0.1, 0.15) is 43.3 Å². The second-order valence-electron chi connectivity index (χ2n) is 6.92. The van der Waals surface area contributed by atoms with E-state index in [1.807, 2.05) is 5.38 Å². The highest BCUT2D eigenvalue weighted by Crippen LogP contribution is 2.46. The molecule has 1 aromatic heterocycles. The maximum Gasteiger partial charge on any atom is 0.418 e. The van der Waals surface area contributed by atoms with Crippen molar-refractivity contribution in [2.24, 2.45) is 0 Å². The summed E-state index contributed by atoms with van der Waals surface area (Å²) in [6.45, 7) is 5.50. The Kier molecular flexibility index (Phi) is 4.63. The van der Waals surface area contributed by atoms with Crippen LogP contribution in [0, 0.1) is 0 Å². The van der Waals surface area contributed by atoms with Crippen LogP contribution in [0.2, 0.25) is 0 Å². The van der Waals surface area contributed by atoms with Crippen molar-refractivity contribution in [1.82, 2.24) is 15.3 Å². The van der Waals surface area contributed by atoms with Gasteiger partial charge in [-0.3, -0.25) is 4.55 Å². The number of alkyl carbamates (subject to hydrolysis) is 1. The van der Waals surface area contributed by atoms with Crippen LogP contribution in [0.4, 0.5) is 9.59 Å². The summed E-state index contributed by atoms with van der Waals surface area (Å²) in [5.74, 6) is 0. The van der Waals surface area contributed by atoms with Crippen molar-refractivity contribution in [2.45, 2.75) is 38.5 Å². The Morgan fingerprint density at radius 1 is 1.46 bits per heavy atom. The van der Waals surface area contributed by atoms with E-state index in [1.165, 1.54) is 16.2 Å². The number of rotatable bonds is 4. The van der Waals surface area contributed by atoms with Gasteiger partial charge in [0.05, 0.1) is 12.6 Å². The van der Waals surface area contributed by atoms with E-state index in [4.69, 9.17) is 9.29 Å². The molecule has 3 heterocycles. The van der Waals surface area contributed by atoms with E-state index in [9.17, 15) is 18.0 Å². The van der Waals surface area contributed by atoms with Crippen molar-refractivity contribution in [3.63, 3.8) is 0 Å². The molecule has 1 aromatic rings. The number of carbonyl (C=O) groups excluding carboxylic acids is 2. The Balaban J connectivity index is 1.80. The molecule has 2 atom stereocenters. The van der Waals surface area contributed by atoms with Crippen LogP contribution in [0.25, 0.3) is 0 Å². The molecule has 3 amide bonds. The summed E-state index contributed by atoms with van der Waals surface area (Å²) in [4.78, 5) is 26.6. The Morgan fingerprint density at radius 2 is 2.15 bits per heavy atom. The number of hydrogen-bond donors (Lipinski definition) is 2. The number of urea groups is 1. The minimum absolute atomic E-state index is 0.0978.